The molecule has 62 valence electrons. The van der Waals surface area contributed by atoms with Crippen molar-refractivity contribution in [1.29, 1.82) is 0 Å². The molecule has 0 saturated carbocycles. The van der Waals surface area contributed by atoms with Crippen LogP contribution in [-0.4, -0.2) is 15.2 Å². The predicted octanol–water partition coefficient (Wildman–Crippen LogP) is 2.06. The van der Waals surface area contributed by atoms with Gasteiger partial charge in [0.2, 0.25) is 0 Å². The summed E-state index contributed by atoms with van der Waals surface area (Å²) in [6.45, 7) is 4.21. The number of alkyl halides is 1. The largest absolute Gasteiger partial charge is 0.262 e. The molecule has 0 saturated heterocycles. The van der Waals surface area contributed by atoms with Crippen molar-refractivity contribution in [2.75, 3.05) is 0 Å². The topological polar surface area (TPSA) is 41.6 Å². The van der Waals surface area contributed by atoms with E-state index < -0.39 is 0 Å². The lowest BCUT2D eigenvalue weighted by atomic mass is 10.1. The number of nitrogens with one attached hydrogen (secondary N) is 1. The molecule has 11 heavy (non-hydrogen) atoms. The molecule has 1 N–H and O–H groups in total. The SMILES string of the molecule is CCC(C)c1n[nH]c(CCl)n1. The van der Waals surface area contributed by atoms with Crippen LogP contribution in [0, 0.1) is 0 Å². The van der Waals surface area contributed by atoms with Crippen LogP contribution in [0.5, 0.6) is 0 Å². The fourth-order valence-electron chi connectivity index (χ4n) is 0.773. The number of hydrogen-bond acceptors (Lipinski definition) is 2. The number of halogens is 1. The molecule has 1 unspecified atom stereocenters. The molecule has 1 rings (SSSR count). The highest BCUT2D eigenvalue weighted by Crippen LogP contribution is 2.13. The van der Waals surface area contributed by atoms with Crippen LogP contribution in [0.3, 0.4) is 0 Å². The Morgan fingerprint density at radius 3 is 2.82 bits per heavy atom. The van der Waals surface area contributed by atoms with Crippen molar-refractivity contribution >= 4 is 11.6 Å². The highest BCUT2D eigenvalue weighted by Gasteiger charge is 2.08. The van der Waals surface area contributed by atoms with E-state index in [1.54, 1.807) is 0 Å². The molecule has 0 amide bonds. The molecule has 0 aromatic carbocycles. The third-order valence-electron chi connectivity index (χ3n) is 1.73. The maximum Gasteiger partial charge on any atom is 0.153 e. The fourth-order valence-corrected chi connectivity index (χ4v) is 0.892. The number of aromatic nitrogens is 3. The minimum absolute atomic E-state index is 0.406. The highest BCUT2D eigenvalue weighted by molar-refractivity contribution is 6.16. The summed E-state index contributed by atoms with van der Waals surface area (Å²) in [7, 11) is 0. The smallest absolute Gasteiger partial charge is 0.153 e. The van der Waals surface area contributed by atoms with E-state index in [-0.39, 0.29) is 0 Å². The maximum atomic E-state index is 5.55. The van der Waals surface area contributed by atoms with Crippen molar-refractivity contribution in [1.82, 2.24) is 15.2 Å². The molecule has 0 aliphatic carbocycles. The lowest BCUT2D eigenvalue weighted by molar-refractivity contribution is 0.682. The summed E-state index contributed by atoms with van der Waals surface area (Å²) in [5, 5.41) is 6.81. The summed E-state index contributed by atoms with van der Waals surface area (Å²) in [5.41, 5.74) is 0. The van der Waals surface area contributed by atoms with Crippen LogP contribution >= 0.6 is 11.6 Å². The molecule has 0 radical (unpaired) electrons. The van der Waals surface area contributed by atoms with E-state index >= 15 is 0 Å². The van der Waals surface area contributed by atoms with E-state index in [4.69, 9.17) is 11.6 Å². The molecule has 1 aromatic heterocycles. The summed E-state index contributed by atoms with van der Waals surface area (Å²) in [6, 6.07) is 0. The Morgan fingerprint density at radius 2 is 2.36 bits per heavy atom. The molecule has 1 heterocycles. The summed E-state index contributed by atoms with van der Waals surface area (Å²) in [6.07, 6.45) is 1.06. The lowest BCUT2D eigenvalue weighted by Gasteiger charge is -1.99. The minimum atomic E-state index is 0.406. The zero-order valence-electron chi connectivity index (χ0n) is 6.76. The zero-order valence-corrected chi connectivity index (χ0v) is 7.52. The average molecular weight is 174 g/mol. The van der Waals surface area contributed by atoms with Crippen LogP contribution in [0.15, 0.2) is 0 Å². The second-order valence-corrected chi connectivity index (χ2v) is 2.85. The van der Waals surface area contributed by atoms with Crippen molar-refractivity contribution < 1.29 is 0 Å². The van der Waals surface area contributed by atoms with Gasteiger partial charge in [-0.3, -0.25) is 5.10 Å². The lowest BCUT2D eigenvalue weighted by Crippen LogP contribution is -1.93. The second-order valence-electron chi connectivity index (χ2n) is 2.58. The van der Waals surface area contributed by atoms with Gasteiger partial charge in [-0.25, -0.2) is 4.98 Å². The first-order valence-electron chi connectivity index (χ1n) is 3.75. The van der Waals surface area contributed by atoms with Crippen LogP contribution in [0.2, 0.25) is 0 Å². The van der Waals surface area contributed by atoms with Gasteiger partial charge >= 0.3 is 0 Å². The number of aromatic amines is 1. The summed E-state index contributed by atoms with van der Waals surface area (Å²) >= 11 is 5.55. The standard InChI is InChI=1S/C7H12ClN3/c1-3-5(2)7-9-6(4-8)10-11-7/h5H,3-4H2,1-2H3,(H,9,10,11). The highest BCUT2D eigenvalue weighted by atomic mass is 35.5. The summed E-state index contributed by atoms with van der Waals surface area (Å²) in [4.78, 5) is 4.20. The third-order valence-corrected chi connectivity index (χ3v) is 1.98. The number of nitrogens with zero attached hydrogens (tertiary/aromatic N) is 2. The van der Waals surface area contributed by atoms with Crippen LogP contribution < -0.4 is 0 Å². The van der Waals surface area contributed by atoms with E-state index in [0.29, 0.717) is 11.8 Å². The Hall–Kier alpha value is -0.570. The molecular weight excluding hydrogens is 162 g/mol. The predicted molar refractivity (Wildman–Crippen MR) is 44.6 cm³/mol. The van der Waals surface area contributed by atoms with Crippen LogP contribution in [0.25, 0.3) is 0 Å². The Morgan fingerprint density at radius 1 is 1.64 bits per heavy atom. The van der Waals surface area contributed by atoms with Crippen molar-refractivity contribution in [3.63, 3.8) is 0 Å². The molecule has 0 aliphatic heterocycles. The monoisotopic (exact) mass is 173 g/mol. The summed E-state index contributed by atoms with van der Waals surface area (Å²) in [5.74, 6) is 2.44. The van der Waals surface area contributed by atoms with E-state index in [0.717, 1.165) is 18.1 Å². The molecule has 4 heteroatoms. The van der Waals surface area contributed by atoms with E-state index in [1.807, 2.05) is 0 Å². The maximum absolute atomic E-state index is 5.55. The Bertz CT molecular complexity index is 221. The van der Waals surface area contributed by atoms with E-state index in [2.05, 4.69) is 29.0 Å². The Kier molecular flexibility index (Phi) is 2.88. The van der Waals surface area contributed by atoms with Crippen molar-refractivity contribution in [2.45, 2.75) is 32.1 Å². The third kappa shape index (κ3) is 1.93. The van der Waals surface area contributed by atoms with Crippen molar-refractivity contribution in [3.05, 3.63) is 11.6 Å². The first-order valence-corrected chi connectivity index (χ1v) is 4.28. The molecule has 0 aliphatic rings. The summed E-state index contributed by atoms with van der Waals surface area (Å²) < 4.78 is 0. The number of H-pyrrole nitrogens is 1. The van der Waals surface area contributed by atoms with E-state index in [1.165, 1.54) is 0 Å². The zero-order chi connectivity index (χ0) is 8.27. The van der Waals surface area contributed by atoms with Crippen LogP contribution in [0.1, 0.15) is 37.8 Å². The number of hydrogen-bond donors (Lipinski definition) is 1. The van der Waals surface area contributed by atoms with Gasteiger partial charge in [0.25, 0.3) is 0 Å². The van der Waals surface area contributed by atoms with Gasteiger partial charge < -0.3 is 0 Å². The normalized spacial score (nSPS) is 13.4. The average Bonchev–Trinajstić information content (AvgIpc) is 2.50. The minimum Gasteiger partial charge on any atom is -0.262 e. The molecular formula is C7H12ClN3. The van der Waals surface area contributed by atoms with Gasteiger partial charge in [-0.2, -0.15) is 5.10 Å². The molecule has 3 nitrogen and oxygen atoms in total. The molecule has 0 fully saturated rings. The van der Waals surface area contributed by atoms with Gasteiger partial charge in [-0.15, -0.1) is 11.6 Å². The van der Waals surface area contributed by atoms with Gasteiger partial charge in [-0.1, -0.05) is 13.8 Å². The van der Waals surface area contributed by atoms with Gasteiger partial charge in [0.05, 0.1) is 5.88 Å². The molecule has 1 atom stereocenters. The van der Waals surface area contributed by atoms with Gasteiger partial charge in [-0.05, 0) is 6.42 Å². The van der Waals surface area contributed by atoms with Crippen molar-refractivity contribution in [3.8, 4) is 0 Å². The fraction of sp³-hybridized carbons (Fsp3) is 0.714. The Labute approximate surface area is 71.2 Å². The molecule has 1 aromatic rings. The Balaban J connectivity index is 2.71. The quantitative estimate of drug-likeness (QED) is 0.711. The van der Waals surface area contributed by atoms with Gasteiger partial charge in [0, 0.05) is 5.92 Å². The van der Waals surface area contributed by atoms with Crippen LogP contribution in [0.4, 0.5) is 0 Å². The van der Waals surface area contributed by atoms with Crippen molar-refractivity contribution in [2.24, 2.45) is 0 Å². The molecule has 0 bridgehead atoms. The van der Waals surface area contributed by atoms with Gasteiger partial charge in [0.1, 0.15) is 5.82 Å². The molecule has 0 spiro atoms. The number of rotatable bonds is 3. The first-order chi connectivity index (χ1) is 5.27. The first kappa shape index (κ1) is 8.53. The van der Waals surface area contributed by atoms with Crippen LogP contribution in [-0.2, 0) is 5.88 Å². The van der Waals surface area contributed by atoms with Gasteiger partial charge in [0.15, 0.2) is 5.82 Å². The van der Waals surface area contributed by atoms with E-state index in [9.17, 15) is 0 Å². The second kappa shape index (κ2) is 3.72.